The van der Waals surface area contributed by atoms with Crippen LogP contribution in [0.5, 0.6) is 0 Å². The van der Waals surface area contributed by atoms with Gasteiger partial charge in [-0.25, -0.2) is 0 Å². The van der Waals surface area contributed by atoms with E-state index in [1.54, 1.807) is 0 Å². The van der Waals surface area contributed by atoms with Gasteiger partial charge in [-0.15, -0.1) is 0 Å². The molecule has 0 N–H and O–H groups in total. The molecule has 1 spiro atoms. The molecule has 9 aromatic carbocycles. The summed E-state index contributed by atoms with van der Waals surface area (Å²) in [7, 11) is 0. The van der Waals surface area contributed by atoms with Crippen LogP contribution < -0.4 is 4.90 Å². The van der Waals surface area contributed by atoms with Crippen LogP contribution in [0.2, 0.25) is 0 Å². The predicted molar refractivity (Wildman–Crippen MR) is 237 cm³/mol. The molecule has 11 aromatic rings. The maximum Gasteiger partial charge on any atom is 0.147 e. The number of rotatable bonds is 4. The van der Waals surface area contributed by atoms with E-state index in [4.69, 9.17) is 8.83 Å². The molecule has 3 heteroatoms. The highest BCUT2D eigenvalue weighted by molar-refractivity contribution is 6.24. The fraction of sp³-hybridized carbons (Fsp3) is 0.0182. The molecule has 2 aromatic heterocycles. The minimum atomic E-state index is -0.418. The van der Waals surface area contributed by atoms with Gasteiger partial charge in [0.2, 0.25) is 0 Å². The van der Waals surface area contributed by atoms with Crippen LogP contribution in [0.1, 0.15) is 22.3 Å². The number of hydrogen-bond acceptors (Lipinski definition) is 3. The van der Waals surface area contributed by atoms with Gasteiger partial charge < -0.3 is 13.7 Å². The lowest BCUT2D eigenvalue weighted by Crippen LogP contribution is -2.26. The molecular formula is C55H33NO2. The molecule has 0 aliphatic heterocycles. The standard InChI is InChI=1S/C55H33NO2/c1-2-13-35(14-3-1)56(37-29-30-42-41-17-6-10-22-47(41)55(48(42)33-37)45-20-8-4-15-39(45)40-16-5-9-21-46(40)55)36-27-25-34(26-28-36)38-19-12-24-50-52(38)53-51(57-50)32-31-44-43-18-7-11-23-49(43)58-54(44)53/h1-33H. The Bertz CT molecular complexity index is 3400. The van der Waals surface area contributed by atoms with Crippen molar-refractivity contribution >= 4 is 60.9 Å². The van der Waals surface area contributed by atoms with Gasteiger partial charge in [0.1, 0.15) is 22.3 Å². The van der Waals surface area contributed by atoms with Crippen LogP contribution >= 0.6 is 0 Å². The molecule has 13 rings (SSSR count). The van der Waals surface area contributed by atoms with Crippen molar-refractivity contribution < 1.29 is 8.83 Å². The topological polar surface area (TPSA) is 29.5 Å². The molecule has 0 fully saturated rings. The molecule has 3 nitrogen and oxygen atoms in total. The summed E-state index contributed by atoms with van der Waals surface area (Å²) in [6, 6.07) is 72.5. The van der Waals surface area contributed by atoms with Crippen molar-refractivity contribution in [1.82, 2.24) is 0 Å². The van der Waals surface area contributed by atoms with E-state index in [1.165, 1.54) is 44.5 Å². The number of anilines is 3. The molecule has 0 atom stereocenters. The van der Waals surface area contributed by atoms with Crippen molar-refractivity contribution in [2.24, 2.45) is 0 Å². The number of nitrogens with zero attached hydrogens (tertiary/aromatic N) is 1. The molecule has 0 saturated carbocycles. The van der Waals surface area contributed by atoms with Crippen LogP contribution in [-0.2, 0) is 5.41 Å². The highest BCUT2D eigenvalue weighted by Crippen LogP contribution is 2.63. The van der Waals surface area contributed by atoms with Crippen molar-refractivity contribution in [3.63, 3.8) is 0 Å². The van der Waals surface area contributed by atoms with E-state index in [1.807, 2.05) is 12.1 Å². The van der Waals surface area contributed by atoms with E-state index < -0.39 is 5.41 Å². The van der Waals surface area contributed by atoms with Gasteiger partial charge in [-0.2, -0.15) is 0 Å². The molecule has 2 aliphatic carbocycles. The lowest BCUT2D eigenvalue weighted by atomic mass is 9.70. The summed E-state index contributed by atoms with van der Waals surface area (Å²) in [5.74, 6) is 0. The van der Waals surface area contributed by atoms with E-state index in [2.05, 4.69) is 193 Å². The lowest BCUT2D eigenvalue weighted by molar-refractivity contribution is 0.663. The molecular weight excluding hydrogens is 707 g/mol. The lowest BCUT2D eigenvalue weighted by Gasteiger charge is -2.32. The smallest absolute Gasteiger partial charge is 0.147 e. The minimum Gasteiger partial charge on any atom is -0.456 e. The third-order valence-electron chi connectivity index (χ3n) is 12.7. The molecule has 0 saturated heterocycles. The van der Waals surface area contributed by atoms with Gasteiger partial charge in [-0.1, -0.05) is 140 Å². The summed E-state index contributed by atoms with van der Waals surface area (Å²) in [6.07, 6.45) is 0. The molecule has 0 radical (unpaired) electrons. The summed E-state index contributed by atoms with van der Waals surface area (Å²) < 4.78 is 13.0. The Labute approximate surface area is 334 Å². The first-order chi connectivity index (χ1) is 28.8. The molecule has 2 aliphatic rings. The SMILES string of the molecule is c1ccc(N(c2ccc(-c3cccc4oc5ccc6c7ccccc7oc6c5c34)cc2)c2ccc3c(c2)C2(c4ccccc4-c4ccccc42)c2ccccc2-3)cc1. The van der Waals surface area contributed by atoms with Crippen molar-refractivity contribution in [1.29, 1.82) is 0 Å². The number of fused-ring (bicyclic) bond motifs is 17. The largest absolute Gasteiger partial charge is 0.456 e. The molecule has 0 bridgehead atoms. The third-order valence-corrected chi connectivity index (χ3v) is 12.7. The zero-order chi connectivity index (χ0) is 38.0. The normalized spacial score (nSPS) is 13.3. The Kier molecular flexibility index (Phi) is 6.37. The van der Waals surface area contributed by atoms with Gasteiger partial charge in [-0.05, 0) is 116 Å². The van der Waals surface area contributed by atoms with Crippen LogP contribution in [0.25, 0.3) is 77.3 Å². The number of benzene rings is 9. The van der Waals surface area contributed by atoms with Crippen molar-refractivity contribution in [2.75, 3.05) is 4.90 Å². The summed E-state index contributed by atoms with van der Waals surface area (Å²) in [5.41, 5.74) is 19.1. The fourth-order valence-electron chi connectivity index (χ4n) is 10.4. The Morgan fingerprint density at radius 3 is 1.60 bits per heavy atom. The number of furan rings is 2. The first kappa shape index (κ1) is 31.6. The first-order valence-corrected chi connectivity index (χ1v) is 19.9. The van der Waals surface area contributed by atoms with Gasteiger partial charge in [-0.3, -0.25) is 0 Å². The molecule has 270 valence electrons. The number of para-hydroxylation sites is 2. The van der Waals surface area contributed by atoms with Crippen molar-refractivity contribution in [2.45, 2.75) is 5.41 Å². The van der Waals surface area contributed by atoms with Crippen molar-refractivity contribution in [3.8, 4) is 33.4 Å². The van der Waals surface area contributed by atoms with E-state index in [-0.39, 0.29) is 0 Å². The Morgan fingerprint density at radius 1 is 0.328 bits per heavy atom. The average Bonchev–Trinajstić information content (AvgIpc) is 4.02. The van der Waals surface area contributed by atoms with E-state index in [0.717, 1.165) is 72.1 Å². The summed E-state index contributed by atoms with van der Waals surface area (Å²) in [5, 5.41) is 4.28. The summed E-state index contributed by atoms with van der Waals surface area (Å²) >= 11 is 0. The Morgan fingerprint density at radius 2 is 0.879 bits per heavy atom. The van der Waals surface area contributed by atoms with Crippen LogP contribution in [0.15, 0.2) is 209 Å². The molecule has 2 heterocycles. The zero-order valence-corrected chi connectivity index (χ0v) is 31.3. The van der Waals surface area contributed by atoms with Crippen LogP contribution in [0.4, 0.5) is 17.1 Å². The predicted octanol–water partition coefficient (Wildman–Crippen LogP) is 15.0. The monoisotopic (exact) mass is 739 g/mol. The van der Waals surface area contributed by atoms with E-state index >= 15 is 0 Å². The molecule has 0 unspecified atom stereocenters. The Hall–Kier alpha value is -7.62. The highest BCUT2D eigenvalue weighted by atomic mass is 16.3. The molecule has 0 amide bonds. The van der Waals surface area contributed by atoms with Crippen LogP contribution in [-0.4, -0.2) is 0 Å². The van der Waals surface area contributed by atoms with Gasteiger partial charge >= 0.3 is 0 Å². The summed E-state index contributed by atoms with van der Waals surface area (Å²) in [6.45, 7) is 0. The second-order valence-electron chi connectivity index (χ2n) is 15.5. The van der Waals surface area contributed by atoms with E-state index in [9.17, 15) is 0 Å². The van der Waals surface area contributed by atoms with Gasteiger partial charge in [0.05, 0.1) is 10.8 Å². The second kappa shape index (κ2) is 11.7. The summed E-state index contributed by atoms with van der Waals surface area (Å²) in [4.78, 5) is 2.39. The Balaban J connectivity index is 0.992. The maximum atomic E-state index is 6.53. The van der Waals surface area contributed by atoms with Gasteiger partial charge in [0, 0.05) is 33.2 Å². The fourth-order valence-corrected chi connectivity index (χ4v) is 10.4. The van der Waals surface area contributed by atoms with E-state index in [0.29, 0.717) is 0 Å². The van der Waals surface area contributed by atoms with Gasteiger partial charge in [0.15, 0.2) is 0 Å². The maximum absolute atomic E-state index is 6.53. The third kappa shape index (κ3) is 4.12. The average molecular weight is 740 g/mol. The molecule has 58 heavy (non-hydrogen) atoms. The second-order valence-corrected chi connectivity index (χ2v) is 15.5. The highest BCUT2D eigenvalue weighted by Gasteiger charge is 2.51. The van der Waals surface area contributed by atoms with Crippen LogP contribution in [0, 0.1) is 0 Å². The quantitative estimate of drug-likeness (QED) is 0.180. The minimum absolute atomic E-state index is 0.418. The van der Waals surface area contributed by atoms with Crippen molar-refractivity contribution in [3.05, 3.63) is 222 Å². The first-order valence-electron chi connectivity index (χ1n) is 19.9. The zero-order valence-electron chi connectivity index (χ0n) is 31.3. The number of hydrogen-bond donors (Lipinski definition) is 0. The van der Waals surface area contributed by atoms with Gasteiger partial charge in [0.25, 0.3) is 0 Å². The van der Waals surface area contributed by atoms with Crippen LogP contribution in [0.3, 0.4) is 0 Å².